The Kier molecular flexibility index (Phi) is 4.96. The number of nitrogens with one attached hydrogen (secondary N) is 2. The second kappa shape index (κ2) is 7.31. The van der Waals surface area contributed by atoms with Crippen LogP contribution in [-0.2, 0) is 0 Å². The van der Waals surface area contributed by atoms with Gasteiger partial charge < -0.3 is 5.32 Å². The van der Waals surface area contributed by atoms with E-state index in [-0.39, 0.29) is 12.1 Å². The summed E-state index contributed by atoms with van der Waals surface area (Å²) in [7, 11) is 0. The Morgan fingerprint density at radius 3 is 2.58 bits per heavy atom. The first-order valence-electron chi connectivity index (χ1n) is 7.85. The number of amides is 2. The number of carbonyl (C=O) groups excluding carboxylic acids is 1. The first-order chi connectivity index (χ1) is 11.6. The van der Waals surface area contributed by atoms with E-state index in [0.29, 0.717) is 11.7 Å². The fourth-order valence-electron chi connectivity index (χ4n) is 2.44. The smallest absolute Gasteiger partial charge is 0.320 e. The SMILES string of the molecule is CC(C)C(NC(=O)Nc1ccn(-c2ccccc2)n1)c1cccs1. The zero-order chi connectivity index (χ0) is 16.9. The van der Waals surface area contributed by atoms with Crippen LogP contribution in [0, 0.1) is 5.92 Å². The van der Waals surface area contributed by atoms with Crippen LogP contribution < -0.4 is 10.6 Å². The first kappa shape index (κ1) is 16.3. The lowest BCUT2D eigenvalue weighted by molar-refractivity contribution is 0.245. The maximum atomic E-state index is 12.3. The maximum absolute atomic E-state index is 12.3. The molecule has 3 aromatic rings. The highest BCUT2D eigenvalue weighted by Gasteiger charge is 2.19. The summed E-state index contributed by atoms with van der Waals surface area (Å²) in [5.74, 6) is 0.821. The summed E-state index contributed by atoms with van der Waals surface area (Å²) in [6.07, 6.45) is 1.82. The molecule has 0 aliphatic carbocycles. The number of benzene rings is 1. The number of urea groups is 1. The molecule has 24 heavy (non-hydrogen) atoms. The van der Waals surface area contributed by atoms with Crippen LogP contribution in [0.1, 0.15) is 24.8 Å². The lowest BCUT2D eigenvalue weighted by Crippen LogP contribution is -2.34. The van der Waals surface area contributed by atoms with Gasteiger partial charge in [0.15, 0.2) is 5.82 Å². The van der Waals surface area contributed by atoms with Crippen LogP contribution in [0.15, 0.2) is 60.1 Å². The van der Waals surface area contributed by atoms with Crippen molar-refractivity contribution in [3.8, 4) is 5.69 Å². The summed E-state index contributed by atoms with van der Waals surface area (Å²) in [6.45, 7) is 4.18. The number of thiophene rings is 1. The molecule has 0 aliphatic rings. The molecule has 0 aliphatic heterocycles. The number of rotatable bonds is 5. The van der Waals surface area contributed by atoms with Gasteiger partial charge in [0.25, 0.3) is 0 Å². The van der Waals surface area contributed by atoms with E-state index in [1.807, 2.05) is 54.0 Å². The number of hydrogen-bond donors (Lipinski definition) is 2. The Morgan fingerprint density at radius 1 is 1.12 bits per heavy atom. The van der Waals surface area contributed by atoms with Gasteiger partial charge in [-0.1, -0.05) is 38.1 Å². The van der Waals surface area contributed by atoms with E-state index in [1.54, 1.807) is 22.1 Å². The molecule has 0 spiro atoms. The van der Waals surface area contributed by atoms with Crippen molar-refractivity contribution in [3.63, 3.8) is 0 Å². The van der Waals surface area contributed by atoms with E-state index in [0.717, 1.165) is 10.6 Å². The molecule has 0 saturated heterocycles. The van der Waals surface area contributed by atoms with Crippen LogP contribution >= 0.6 is 11.3 Å². The lowest BCUT2D eigenvalue weighted by Gasteiger charge is -2.21. The zero-order valence-electron chi connectivity index (χ0n) is 13.6. The normalized spacial score (nSPS) is 12.1. The lowest BCUT2D eigenvalue weighted by atomic mass is 10.0. The average molecular weight is 340 g/mol. The van der Waals surface area contributed by atoms with Crippen molar-refractivity contribution >= 4 is 23.2 Å². The first-order valence-corrected chi connectivity index (χ1v) is 8.73. The Morgan fingerprint density at radius 2 is 1.92 bits per heavy atom. The molecule has 1 unspecified atom stereocenters. The zero-order valence-corrected chi connectivity index (χ0v) is 14.5. The van der Waals surface area contributed by atoms with Crippen molar-refractivity contribution < 1.29 is 4.79 Å². The fraction of sp³-hybridized carbons (Fsp3) is 0.222. The summed E-state index contributed by atoms with van der Waals surface area (Å²) in [6, 6.07) is 15.3. The molecular formula is C18H20N4OS. The number of para-hydroxylation sites is 1. The summed E-state index contributed by atoms with van der Waals surface area (Å²) >= 11 is 1.65. The molecule has 0 fully saturated rings. The van der Waals surface area contributed by atoms with Crippen LogP contribution in [0.25, 0.3) is 5.69 Å². The van der Waals surface area contributed by atoms with Crippen LogP contribution in [0.2, 0.25) is 0 Å². The van der Waals surface area contributed by atoms with Gasteiger partial charge in [-0.05, 0) is 29.5 Å². The van der Waals surface area contributed by atoms with Gasteiger partial charge in [-0.3, -0.25) is 5.32 Å². The molecular weight excluding hydrogens is 320 g/mol. The van der Waals surface area contributed by atoms with Crippen molar-refractivity contribution in [1.82, 2.24) is 15.1 Å². The van der Waals surface area contributed by atoms with Crippen molar-refractivity contribution in [2.45, 2.75) is 19.9 Å². The molecule has 2 heterocycles. The monoisotopic (exact) mass is 340 g/mol. The summed E-state index contributed by atoms with van der Waals surface area (Å²) in [5, 5.41) is 12.2. The van der Waals surface area contributed by atoms with Crippen LogP contribution in [-0.4, -0.2) is 15.8 Å². The molecule has 5 nitrogen and oxygen atoms in total. The molecule has 2 N–H and O–H groups in total. The molecule has 124 valence electrons. The van der Waals surface area contributed by atoms with Gasteiger partial charge in [-0.15, -0.1) is 16.4 Å². The largest absolute Gasteiger partial charge is 0.330 e. The molecule has 6 heteroatoms. The summed E-state index contributed by atoms with van der Waals surface area (Å²) in [4.78, 5) is 13.4. The molecule has 3 rings (SSSR count). The van der Waals surface area contributed by atoms with E-state index in [1.165, 1.54) is 0 Å². The number of aromatic nitrogens is 2. The molecule has 1 atom stereocenters. The van der Waals surface area contributed by atoms with Crippen LogP contribution in [0.3, 0.4) is 0 Å². The van der Waals surface area contributed by atoms with Crippen molar-refractivity contribution in [3.05, 3.63) is 65.0 Å². The molecule has 2 amide bonds. The molecule has 0 saturated carbocycles. The van der Waals surface area contributed by atoms with E-state index < -0.39 is 0 Å². The Bertz CT molecular complexity index is 780. The fourth-order valence-corrected chi connectivity index (χ4v) is 3.39. The highest BCUT2D eigenvalue weighted by atomic mass is 32.1. The standard InChI is InChI=1S/C18H20N4OS/c1-13(2)17(15-9-6-12-24-15)20-18(23)19-16-10-11-22(21-16)14-7-4-3-5-8-14/h3-13,17H,1-2H3,(H2,19,20,21,23). The minimum atomic E-state index is -0.250. The van der Waals surface area contributed by atoms with E-state index in [4.69, 9.17) is 0 Å². The third kappa shape index (κ3) is 3.83. The average Bonchev–Trinajstić information content (AvgIpc) is 3.25. The van der Waals surface area contributed by atoms with Crippen molar-refractivity contribution in [2.75, 3.05) is 5.32 Å². The quantitative estimate of drug-likeness (QED) is 0.721. The summed E-state index contributed by atoms with van der Waals surface area (Å²) in [5.41, 5.74) is 0.949. The van der Waals surface area contributed by atoms with Gasteiger partial charge in [0.2, 0.25) is 0 Å². The minimum absolute atomic E-state index is 0.0128. The predicted octanol–water partition coefficient (Wildman–Crippen LogP) is 4.45. The second-order valence-corrected chi connectivity index (χ2v) is 6.80. The maximum Gasteiger partial charge on any atom is 0.320 e. The minimum Gasteiger partial charge on any atom is -0.330 e. The predicted molar refractivity (Wildman–Crippen MR) is 97.6 cm³/mol. The highest BCUT2D eigenvalue weighted by molar-refractivity contribution is 7.10. The van der Waals surface area contributed by atoms with E-state index in [9.17, 15) is 4.79 Å². The summed E-state index contributed by atoms with van der Waals surface area (Å²) < 4.78 is 1.73. The number of carbonyl (C=O) groups is 1. The van der Waals surface area contributed by atoms with Gasteiger partial charge in [0.05, 0.1) is 11.7 Å². The number of hydrogen-bond acceptors (Lipinski definition) is 3. The van der Waals surface area contributed by atoms with Gasteiger partial charge in [0, 0.05) is 17.1 Å². The van der Waals surface area contributed by atoms with Gasteiger partial charge in [-0.25, -0.2) is 9.48 Å². The molecule has 0 bridgehead atoms. The number of nitrogens with zero attached hydrogens (tertiary/aromatic N) is 2. The Labute approximate surface area is 145 Å². The molecule has 2 aromatic heterocycles. The Balaban J connectivity index is 1.66. The molecule has 1 aromatic carbocycles. The third-order valence-electron chi connectivity index (χ3n) is 3.65. The van der Waals surface area contributed by atoms with Crippen molar-refractivity contribution in [1.29, 1.82) is 0 Å². The topological polar surface area (TPSA) is 59.0 Å². The number of anilines is 1. The highest BCUT2D eigenvalue weighted by Crippen LogP contribution is 2.25. The van der Waals surface area contributed by atoms with Gasteiger partial charge >= 0.3 is 6.03 Å². The van der Waals surface area contributed by atoms with Gasteiger partial charge in [-0.2, -0.15) is 0 Å². The van der Waals surface area contributed by atoms with E-state index >= 15 is 0 Å². The molecule has 0 radical (unpaired) electrons. The van der Waals surface area contributed by atoms with E-state index in [2.05, 4.69) is 29.6 Å². The Hall–Kier alpha value is -2.60. The van der Waals surface area contributed by atoms with Gasteiger partial charge in [0.1, 0.15) is 0 Å². The van der Waals surface area contributed by atoms with Crippen LogP contribution in [0.4, 0.5) is 10.6 Å². The van der Waals surface area contributed by atoms with Crippen molar-refractivity contribution in [2.24, 2.45) is 5.92 Å². The van der Waals surface area contributed by atoms with Crippen LogP contribution in [0.5, 0.6) is 0 Å². The second-order valence-electron chi connectivity index (χ2n) is 5.82. The third-order valence-corrected chi connectivity index (χ3v) is 4.61.